The number of hydrogen-bond acceptors (Lipinski definition) is 3. The van der Waals surface area contributed by atoms with Crippen LogP contribution in [0.15, 0.2) is 88.7 Å². The van der Waals surface area contributed by atoms with Crippen molar-refractivity contribution in [2.24, 2.45) is 5.92 Å². The van der Waals surface area contributed by atoms with E-state index in [1.807, 2.05) is 51.2 Å². The van der Waals surface area contributed by atoms with Crippen molar-refractivity contribution in [3.05, 3.63) is 111 Å². The zero-order valence-corrected chi connectivity index (χ0v) is 27.2. The number of anilines is 2. The summed E-state index contributed by atoms with van der Waals surface area (Å²) in [5.41, 5.74) is 7.55. The molecule has 2 aromatic carbocycles. The SMILES string of the molecule is CCCC=C(Nc1ccc(C)c(NC(=O)C2=CCC(CC)=C(C)C(/C=C\C(C)C)=C2NC)c1)c1cccc(C(F)(F)F)c1C. The third-order valence-electron chi connectivity index (χ3n) is 7.93. The molecule has 44 heavy (non-hydrogen) atoms. The van der Waals surface area contributed by atoms with Crippen molar-refractivity contribution in [1.82, 2.24) is 5.32 Å². The maximum absolute atomic E-state index is 13.9. The van der Waals surface area contributed by atoms with E-state index in [0.717, 1.165) is 35.7 Å². The molecule has 0 unspecified atom stereocenters. The van der Waals surface area contributed by atoms with E-state index in [4.69, 9.17) is 0 Å². The Kier molecular flexibility index (Phi) is 11.9. The van der Waals surface area contributed by atoms with Gasteiger partial charge in [-0.15, -0.1) is 0 Å². The van der Waals surface area contributed by atoms with Crippen LogP contribution >= 0.6 is 0 Å². The molecule has 2 aromatic rings. The van der Waals surface area contributed by atoms with Crippen molar-refractivity contribution in [3.63, 3.8) is 0 Å². The Balaban J connectivity index is 1.99. The van der Waals surface area contributed by atoms with E-state index in [1.54, 1.807) is 6.07 Å². The molecule has 0 heterocycles. The third-order valence-corrected chi connectivity index (χ3v) is 7.93. The first-order valence-corrected chi connectivity index (χ1v) is 15.4. The number of benzene rings is 2. The number of rotatable bonds is 11. The molecule has 0 atom stereocenters. The van der Waals surface area contributed by atoms with E-state index in [9.17, 15) is 18.0 Å². The van der Waals surface area contributed by atoms with Crippen LogP contribution in [0, 0.1) is 19.8 Å². The summed E-state index contributed by atoms with van der Waals surface area (Å²) in [4.78, 5) is 13.9. The lowest BCUT2D eigenvalue weighted by molar-refractivity contribution is -0.138. The standard InChI is InChI=1S/C37H46F3N3O/c1-9-11-15-33(29-13-12-14-32(26(29)7)37(38,39)40)42-28-19-17-24(5)34(22-28)43-36(44)31-21-18-27(10-2)25(6)30(35(31)41-8)20-16-23(3)4/h12-17,19-23,41-42H,9-11,18H2,1-8H3,(H,43,44)/b20-16-,33-15?. The number of allylic oxidation sites excluding steroid dienone is 7. The Hall–Kier alpha value is -4.00. The van der Waals surface area contributed by atoms with Gasteiger partial charge >= 0.3 is 6.18 Å². The van der Waals surface area contributed by atoms with Gasteiger partial charge in [-0.1, -0.05) is 82.2 Å². The minimum Gasteiger partial charge on any atom is -0.387 e. The normalized spacial score (nSPS) is 14.7. The largest absolute Gasteiger partial charge is 0.416 e. The summed E-state index contributed by atoms with van der Waals surface area (Å²) in [5, 5.41) is 9.74. The molecule has 1 amide bonds. The maximum atomic E-state index is 13.9. The second-order valence-corrected chi connectivity index (χ2v) is 11.5. The highest BCUT2D eigenvalue weighted by atomic mass is 19.4. The van der Waals surface area contributed by atoms with E-state index in [1.165, 1.54) is 24.1 Å². The van der Waals surface area contributed by atoms with Crippen LogP contribution in [0.3, 0.4) is 0 Å². The molecule has 3 N–H and O–H groups in total. The predicted molar refractivity (Wildman–Crippen MR) is 178 cm³/mol. The molecule has 0 saturated heterocycles. The van der Waals surface area contributed by atoms with Crippen LogP contribution in [-0.4, -0.2) is 13.0 Å². The second kappa shape index (κ2) is 15.1. The molecule has 0 radical (unpaired) electrons. The number of likely N-dealkylation sites (N-methyl/N-ethyl adjacent to an activating group) is 1. The van der Waals surface area contributed by atoms with Gasteiger partial charge in [-0.05, 0) is 80.9 Å². The van der Waals surface area contributed by atoms with Gasteiger partial charge in [0.2, 0.25) is 0 Å². The van der Waals surface area contributed by atoms with Gasteiger partial charge in [0.15, 0.2) is 0 Å². The van der Waals surface area contributed by atoms with E-state index in [-0.39, 0.29) is 11.5 Å². The molecule has 4 nitrogen and oxygen atoms in total. The van der Waals surface area contributed by atoms with E-state index in [2.05, 4.69) is 55.8 Å². The van der Waals surface area contributed by atoms with Crippen molar-refractivity contribution in [3.8, 4) is 0 Å². The minimum atomic E-state index is -4.44. The van der Waals surface area contributed by atoms with Crippen LogP contribution in [0.5, 0.6) is 0 Å². The zero-order valence-electron chi connectivity index (χ0n) is 27.2. The topological polar surface area (TPSA) is 53.2 Å². The number of unbranched alkanes of at least 4 members (excludes halogenated alkanes) is 1. The highest BCUT2D eigenvalue weighted by molar-refractivity contribution is 6.08. The van der Waals surface area contributed by atoms with Crippen LogP contribution in [0.4, 0.5) is 24.5 Å². The Bertz CT molecular complexity index is 1520. The van der Waals surface area contributed by atoms with Gasteiger partial charge in [0.25, 0.3) is 5.91 Å². The lowest BCUT2D eigenvalue weighted by Crippen LogP contribution is -2.22. The Labute approximate surface area is 260 Å². The van der Waals surface area contributed by atoms with Gasteiger partial charge in [0.05, 0.1) is 16.8 Å². The minimum absolute atomic E-state index is 0.167. The van der Waals surface area contributed by atoms with Crippen molar-refractivity contribution < 1.29 is 18.0 Å². The molecular formula is C37H46F3N3O. The molecule has 1 aliphatic rings. The molecule has 0 aromatic heterocycles. The zero-order chi connectivity index (χ0) is 32.6. The number of halogens is 3. The summed E-state index contributed by atoms with van der Waals surface area (Å²) >= 11 is 0. The lowest BCUT2D eigenvalue weighted by Gasteiger charge is -2.19. The summed E-state index contributed by atoms with van der Waals surface area (Å²) in [7, 11) is 1.83. The quantitative estimate of drug-likeness (QED) is 0.239. The van der Waals surface area contributed by atoms with Gasteiger partial charge in [-0.25, -0.2) is 0 Å². The monoisotopic (exact) mass is 605 g/mol. The summed E-state index contributed by atoms with van der Waals surface area (Å²) in [6.45, 7) is 13.9. The van der Waals surface area contributed by atoms with Gasteiger partial charge in [-0.3, -0.25) is 4.79 Å². The fraction of sp³-hybridized carbons (Fsp3) is 0.378. The average molecular weight is 606 g/mol. The maximum Gasteiger partial charge on any atom is 0.416 e. The summed E-state index contributed by atoms with van der Waals surface area (Å²) < 4.78 is 41.1. The molecule has 0 spiro atoms. The van der Waals surface area contributed by atoms with Crippen LogP contribution in [-0.2, 0) is 11.0 Å². The van der Waals surface area contributed by atoms with Crippen molar-refractivity contribution in [2.45, 2.75) is 80.3 Å². The van der Waals surface area contributed by atoms with Crippen LogP contribution in [0.25, 0.3) is 5.70 Å². The first kappa shape index (κ1) is 34.5. The number of alkyl halides is 3. The van der Waals surface area contributed by atoms with E-state index >= 15 is 0 Å². The van der Waals surface area contributed by atoms with Crippen LogP contribution in [0.2, 0.25) is 0 Å². The lowest BCUT2D eigenvalue weighted by atomic mass is 9.96. The number of nitrogens with one attached hydrogen (secondary N) is 3. The number of amides is 1. The average Bonchev–Trinajstić information content (AvgIpc) is 3.10. The molecule has 0 bridgehead atoms. The summed E-state index contributed by atoms with van der Waals surface area (Å²) in [6.07, 6.45) is 6.81. The Morgan fingerprint density at radius 3 is 2.39 bits per heavy atom. The number of aryl methyl sites for hydroxylation is 1. The summed E-state index contributed by atoms with van der Waals surface area (Å²) in [6, 6.07) is 9.83. The smallest absolute Gasteiger partial charge is 0.387 e. The van der Waals surface area contributed by atoms with Gasteiger partial charge in [-0.2, -0.15) is 13.2 Å². The summed E-state index contributed by atoms with van der Waals surface area (Å²) in [5.74, 6) is 0.127. The number of hydrogen-bond donors (Lipinski definition) is 3. The van der Waals surface area contributed by atoms with Gasteiger partial charge in [0, 0.05) is 35.3 Å². The van der Waals surface area contributed by atoms with Gasteiger partial charge < -0.3 is 16.0 Å². The fourth-order valence-electron chi connectivity index (χ4n) is 5.32. The van der Waals surface area contributed by atoms with Crippen molar-refractivity contribution in [1.29, 1.82) is 0 Å². The first-order chi connectivity index (χ1) is 20.8. The molecular weight excluding hydrogens is 559 g/mol. The van der Waals surface area contributed by atoms with Crippen molar-refractivity contribution in [2.75, 3.05) is 17.7 Å². The molecule has 0 fully saturated rings. The predicted octanol–water partition coefficient (Wildman–Crippen LogP) is 10.3. The van der Waals surface area contributed by atoms with Crippen molar-refractivity contribution >= 4 is 23.0 Å². The number of carbonyl (C=O) groups excluding carboxylic acids is 1. The molecule has 0 aliphatic heterocycles. The van der Waals surface area contributed by atoms with E-state index < -0.39 is 11.7 Å². The molecule has 1 aliphatic carbocycles. The first-order valence-electron chi connectivity index (χ1n) is 15.4. The fourth-order valence-corrected chi connectivity index (χ4v) is 5.32. The van der Waals surface area contributed by atoms with Gasteiger partial charge in [0.1, 0.15) is 0 Å². The molecule has 236 valence electrons. The Morgan fingerprint density at radius 1 is 1.05 bits per heavy atom. The molecule has 0 saturated carbocycles. The van der Waals surface area contributed by atoms with E-state index in [0.29, 0.717) is 47.0 Å². The van der Waals surface area contributed by atoms with Crippen LogP contribution < -0.4 is 16.0 Å². The number of carbonyl (C=O) groups is 1. The highest BCUT2D eigenvalue weighted by Gasteiger charge is 2.33. The molecule has 3 rings (SSSR count). The van der Waals surface area contributed by atoms with Crippen LogP contribution in [0.1, 0.15) is 82.6 Å². The Morgan fingerprint density at radius 2 is 1.77 bits per heavy atom. The second-order valence-electron chi connectivity index (χ2n) is 11.5. The molecule has 7 heteroatoms. The highest BCUT2D eigenvalue weighted by Crippen LogP contribution is 2.36. The third kappa shape index (κ3) is 8.34.